The summed E-state index contributed by atoms with van der Waals surface area (Å²) in [6, 6.07) is 4.57. The van der Waals surface area contributed by atoms with Gasteiger partial charge in [-0.3, -0.25) is 0 Å². The van der Waals surface area contributed by atoms with Gasteiger partial charge >= 0.3 is 12.2 Å². The van der Waals surface area contributed by atoms with Gasteiger partial charge in [0.1, 0.15) is 5.52 Å². The van der Waals surface area contributed by atoms with Crippen LogP contribution in [0, 0.1) is 5.92 Å². The molecule has 1 saturated heterocycles. The minimum atomic E-state index is -4.27. The fourth-order valence-electron chi connectivity index (χ4n) is 3.16. The fraction of sp³-hybridized carbons (Fsp3) is 0.529. The van der Waals surface area contributed by atoms with Crippen LogP contribution in [0.5, 0.6) is 0 Å². The normalized spacial score (nSPS) is 21.6. The number of carbonyl (C=O) groups excluding carboxylic acids is 1. The molecule has 1 aliphatic heterocycles. The van der Waals surface area contributed by atoms with Crippen LogP contribution in [0.25, 0.3) is 11.1 Å². The van der Waals surface area contributed by atoms with Crippen LogP contribution in [-0.2, 0) is 0 Å². The van der Waals surface area contributed by atoms with Crippen molar-refractivity contribution in [3.63, 3.8) is 0 Å². The average molecular weight is 353 g/mol. The maximum atomic E-state index is 12.9. The van der Waals surface area contributed by atoms with Crippen LogP contribution in [-0.4, -0.2) is 35.2 Å². The number of alkyl halides is 3. The molecule has 25 heavy (non-hydrogen) atoms. The highest BCUT2D eigenvalue weighted by Gasteiger charge is 2.42. The first kappa shape index (κ1) is 16.2. The van der Waals surface area contributed by atoms with Crippen LogP contribution >= 0.6 is 0 Å². The van der Waals surface area contributed by atoms with Crippen LogP contribution in [0.4, 0.5) is 23.7 Å². The van der Waals surface area contributed by atoms with Crippen LogP contribution < -0.4 is 5.32 Å². The van der Waals surface area contributed by atoms with Crippen molar-refractivity contribution < 1.29 is 22.4 Å². The number of nitrogens with zero attached hydrogens (tertiary/aromatic N) is 2. The molecule has 0 bridgehead atoms. The second-order valence-corrected chi connectivity index (χ2v) is 6.77. The zero-order valence-corrected chi connectivity index (χ0v) is 13.5. The van der Waals surface area contributed by atoms with Crippen molar-refractivity contribution in [1.29, 1.82) is 0 Å². The Morgan fingerprint density at radius 1 is 1.28 bits per heavy atom. The molecule has 134 valence electrons. The molecule has 2 heterocycles. The summed E-state index contributed by atoms with van der Waals surface area (Å²) in [6.07, 6.45) is -1.69. The van der Waals surface area contributed by atoms with E-state index in [0.29, 0.717) is 41.6 Å². The minimum absolute atomic E-state index is 0.0715. The van der Waals surface area contributed by atoms with Crippen LogP contribution in [0.3, 0.4) is 0 Å². The first-order valence-corrected chi connectivity index (χ1v) is 8.43. The Labute approximate surface area is 142 Å². The fourth-order valence-corrected chi connectivity index (χ4v) is 3.16. The predicted molar refractivity (Wildman–Crippen MR) is 85.4 cm³/mol. The quantitative estimate of drug-likeness (QED) is 0.864. The molecule has 1 saturated carbocycles. The molecule has 2 fully saturated rings. The van der Waals surface area contributed by atoms with E-state index in [1.54, 1.807) is 18.2 Å². The third-order valence-electron chi connectivity index (χ3n) is 4.75. The van der Waals surface area contributed by atoms with E-state index in [-0.39, 0.29) is 13.0 Å². The highest BCUT2D eigenvalue weighted by Crippen LogP contribution is 2.40. The third kappa shape index (κ3) is 3.43. The van der Waals surface area contributed by atoms with E-state index in [4.69, 9.17) is 4.42 Å². The molecule has 4 rings (SSSR count). The first-order valence-electron chi connectivity index (χ1n) is 8.43. The highest BCUT2D eigenvalue weighted by molar-refractivity contribution is 5.91. The summed E-state index contributed by atoms with van der Waals surface area (Å²) < 4.78 is 44.3. The van der Waals surface area contributed by atoms with Gasteiger partial charge in [-0.15, -0.1) is 0 Å². The molecule has 0 spiro atoms. The molecule has 1 N–H and O–H groups in total. The SMILES string of the molecule is O=C(Nc1ccc2oc(C3CC3)nc2c1)N1CCCC(C(F)(F)F)C1. The van der Waals surface area contributed by atoms with Gasteiger partial charge < -0.3 is 14.6 Å². The summed E-state index contributed by atoms with van der Waals surface area (Å²) >= 11 is 0. The van der Waals surface area contributed by atoms with Crippen molar-refractivity contribution in [3.05, 3.63) is 24.1 Å². The van der Waals surface area contributed by atoms with E-state index in [1.165, 1.54) is 4.90 Å². The topological polar surface area (TPSA) is 58.4 Å². The van der Waals surface area contributed by atoms with E-state index >= 15 is 0 Å². The number of fused-ring (bicyclic) bond motifs is 1. The van der Waals surface area contributed by atoms with Gasteiger partial charge in [0.2, 0.25) is 0 Å². The summed E-state index contributed by atoms with van der Waals surface area (Å²) in [7, 11) is 0. The molecule has 1 aliphatic carbocycles. The Balaban J connectivity index is 1.45. The number of oxazole rings is 1. The Kier molecular flexibility index (Phi) is 3.85. The number of halogens is 3. The molecule has 1 unspecified atom stereocenters. The lowest BCUT2D eigenvalue weighted by Crippen LogP contribution is -2.46. The average Bonchev–Trinajstić information content (AvgIpc) is 3.34. The van der Waals surface area contributed by atoms with Gasteiger partial charge in [-0.05, 0) is 43.9 Å². The lowest BCUT2D eigenvalue weighted by Gasteiger charge is -2.33. The van der Waals surface area contributed by atoms with Crippen LogP contribution in [0.15, 0.2) is 22.6 Å². The number of carbonyl (C=O) groups is 1. The molecular formula is C17H18F3N3O2. The van der Waals surface area contributed by atoms with Gasteiger partial charge in [0.05, 0.1) is 5.92 Å². The van der Waals surface area contributed by atoms with E-state index in [2.05, 4.69) is 10.3 Å². The number of hydrogen-bond donors (Lipinski definition) is 1. The lowest BCUT2D eigenvalue weighted by atomic mass is 9.98. The summed E-state index contributed by atoms with van der Waals surface area (Å²) in [5.74, 6) is -0.355. The summed E-state index contributed by atoms with van der Waals surface area (Å²) in [6.45, 7) is 0.0316. The largest absolute Gasteiger partial charge is 0.440 e. The number of benzene rings is 1. The molecule has 8 heteroatoms. The van der Waals surface area contributed by atoms with Crippen molar-refractivity contribution in [1.82, 2.24) is 9.88 Å². The number of likely N-dealkylation sites (tertiary alicyclic amines) is 1. The first-order chi connectivity index (χ1) is 11.9. The van der Waals surface area contributed by atoms with Crippen molar-refractivity contribution in [3.8, 4) is 0 Å². The number of hydrogen-bond acceptors (Lipinski definition) is 3. The molecule has 1 aromatic carbocycles. The van der Waals surface area contributed by atoms with Gasteiger partial charge in [-0.1, -0.05) is 0 Å². The Bertz CT molecular complexity index is 798. The zero-order valence-electron chi connectivity index (χ0n) is 13.5. The van der Waals surface area contributed by atoms with Crippen LogP contribution in [0.1, 0.15) is 37.5 Å². The summed E-state index contributed by atoms with van der Waals surface area (Å²) in [5.41, 5.74) is 1.80. The Hall–Kier alpha value is -2.25. The van der Waals surface area contributed by atoms with E-state index in [1.807, 2.05) is 0 Å². The molecule has 2 aliphatic rings. The zero-order chi connectivity index (χ0) is 17.6. The predicted octanol–water partition coefficient (Wildman–Crippen LogP) is 4.51. The van der Waals surface area contributed by atoms with Gasteiger partial charge in [0.15, 0.2) is 11.5 Å². The number of amides is 2. The van der Waals surface area contributed by atoms with Crippen molar-refractivity contribution in [2.45, 2.75) is 37.8 Å². The Morgan fingerprint density at radius 3 is 2.80 bits per heavy atom. The lowest BCUT2D eigenvalue weighted by molar-refractivity contribution is -0.183. The van der Waals surface area contributed by atoms with E-state index < -0.39 is 18.1 Å². The maximum Gasteiger partial charge on any atom is 0.393 e. The number of aromatic nitrogens is 1. The van der Waals surface area contributed by atoms with Gasteiger partial charge in [0, 0.05) is 24.7 Å². The third-order valence-corrected chi connectivity index (χ3v) is 4.75. The monoisotopic (exact) mass is 353 g/mol. The molecule has 2 aromatic rings. The summed E-state index contributed by atoms with van der Waals surface area (Å²) in [5, 5.41) is 2.67. The number of urea groups is 1. The standard InChI is InChI=1S/C17H18F3N3O2/c18-17(19,20)11-2-1-7-23(9-11)16(24)21-12-5-6-14-13(8-12)22-15(25-14)10-3-4-10/h5-6,8,10-11H,1-4,7,9H2,(H,21,24). The molecule has 2 amide bonds. The highest BCUT2D eigenvalue weighted by atomic mass is 19.4. The van der Waals surface area contributed by atoms with Crippen LogP contribution in [0.2, 0.25) is 0 Å². The second-order valence-electron chi connectivity index (χ2n) is 6.77. The van der Waals surface area contributed by atoms with Crippen molar-refractivity contribution in [2.24, 2.45) is 5.92 Å². The van der Waals surface area contributed by atoms with Gasteiger partial charge in [-0.2, -0.15) is 13.2 Å². The van der Waals surface area contributed by atoms with Gasteiger partial charge in [-0.25, -0.2) is 9.78 Å². The van der Waals surface area contributed by atoms with Gasteiger partial charge in [0.25, 0.3) is 0 Å². The molecular weight excluding hydrogens is 335 g/mol. The van der Waals surface area contributed by atoms with Crippen molar-refractivity contribution in [2.75, 3.05) is 18.4 Å². The number of rotatable bonds is 2. The van der Waals surface area contributed by atoms with E-state index in [0.717, 1.165) is 12.8 Å². The summed E-state index contributed by atoms with van der Waals surface area (Å²) in [4.78, 5) is 17.9. The maximum absolute atomic E-state index is 12.9. The number of piperidine rings is 1. The number of nitrogens with one attached hydrogen (secondary N) is 1. The molecule has 0 radical (unpaired) electrons. The smallest absolute Gasteiger partial charge is 0.393 e. The molecule has 1 aromatic heterocycles. The van der Waals surface area contributed by atoms with E-state index in [9.17, 15) is 18.0 Å². The Morgan fingerprint density at radius 2 is 2.08 bits per heavy atom. The minimum Gasteiger partial charge on any atom is -0.440 e. The number of anilines is 1. The molecule has 1 atom stereocenters. The van der Waals surface area contributed by atoms with Crippen molar-refractivity contribution >= 4 is 22.8 Å². The molecule has 5 nitrogen and oxygen atoms in total. The second kappa shape index (κ2) is 5.93.